The Balaban J connectivity index is 2.01. The minimum Gasteiger partial charge on any atom is -0.480 e. The first-order valence-corrected chi connectivity index (χ1v) is 8.81. The lowest BCUT2D eigenvalue weighted by molar-refractivity contribution is -0.148. The van der Waals surface area contributed by atoms with Gasteiger partial charge >= 0.3 is 5.97 Å². The van der Waals surface area contributed by atoms with Gasteiger partial charge in [-0.2, -0.15) is 0 Å². The number of carboxylic acids is 1. The van der Waals surface area contributed by atoms with Crippen LogP contribution >= 0.6 is 0 Å². The molecule has 0 aromatic heterocycles. The lowest BCUT2D eigenvalue weighted by Crippen LogP contribution is -2.46. The lowest BCUT2D eigenvalue weighted by atomic mass is 9.94. The van der Waals surface area contributed by atoms with E-state index in [1.807, 2.05) is 13.8 Å². The maximum atomic E-state index is 13.0. The Labute approximate surface area is 152 Å². The molecule has 0 saturated carbocycles. The van der Waals surface area contributed by atoms with Gasteiger partial charge in [0.05, 0.1) is 0 Å². The van der Waals surface area contributed by atoms with Crippen LogP contribution in [0.1, 0.15) is 32.3 Å². The van der Waals surface area contributed by atoms with Crippen molar-refractivity contribution in [3.05, 3.63) is 35.6 Å². The molecular formula is C19H25FN2O4. The summed E-state index contributed by atoms with van der Waals surface area (Å²) in [6.07, 6.45) is 1.05. The molecule has 1 aromatic rings. The van der Waals surface area contributed by atoms with Crippen LogP contribution in [0.3, 0.4) is 0 Å². The van der Waals surface area contributed by atoms with Crippen LogP contribution in [0.15, 0.2) is 24.3 Å². The zero-order chi connectivity index (χ0) is 19.3. The van der Waals surface area contributed by atoms with Crippen molar-refractivity contribution in [1.29, 1.82) is 0 Å². The van der Waals surface area contributed by atoms with Gasteiger partial charge in [-0.15, -0.1) is 0 Å². The second-order valence-corrected chi connectivity index (χ2v) is 6.97. The third-order valence-corrected chi connectivity index (χ3v) is 4.57. The largest absolute Gasteiger partial charge is 0.480 e. The van der Waals surface area contributed by atoms with Gasteiger partial charge in [0.15, 0.2) is 0 Å². The summed E-state index contributed by atoms with van der Waals surface area (Å²) >= 11 is 0. The monoisotopic (exact) mass is 364 g/mol. The number of hydrogen-bond donors (Lipinski definition) is 1. The van der Waals surface area contributed by atoms with Gasteiger partial charge in [-0.3, -0.25) is 14.4 Å². The standard InChI is InChI=1S/C19H25FN2O4/c1-13(2)18(25)21-9-7-15(8-10-21)19(26)22(12-17(23)24)11-14-3-5-16(20)6-4-14/h3-6,13,15H,7-12H2,1-2H3,(H,23,24). The Morgan fingerprint density at radius 2 is 1.77 bits per heavy atom. The fraction of sp³-hybridized carbons (Fsp3) is 0.526. The van der Waals surface area contributed by atoms with Crippen LogP contribution < -0.4 is 0 Å². The van der Waals surface area contributed by atoms with E-state index in [0.29, 0.717) is 31.5 Å². The number of benzene rings is 1. The topological polar surface area (TPSA) is 77.9 Å². The van der Waals surface area contributed by atoms with Crippen LogP contribution in [-0.2, 0) is 20.9 Å². The third-order valence-electron chi connectivity index (χ3n) is 4.57. The number of carbonyl (C=O) groups is 3. The van der Waals surface area contributed by atoms with Gasteiger partial charge in [-0.25, -0.2) is 4.39 Å². The first-order valence-electron chi connectivity index (χ1n) is 8.81. The van der Waals surface area contributed by atoms with E-state index in [4.69, 9.17) is 5.11 Å². The molecule has 1 aromatic carbocycles. The maximum Gasteiger partial charge on any atom is 0.323 e. The van der Waals surface area contributed by atoms with Gasteiger partial charge in [-0.05, 0) is 30.5 Å². The SMILES string of the molecule is CC(C)C(=O)N1CCC(C(=O)N(CC(=O)O)Cc2ccc(F)cc2)CC1. The number of aliphatic carboxylic acids is 1. The average molecular weight is 364 g/mol. The molecule has 0 unspecified atom stereocenters. The van der Waals surface area contributed by atoms with Crippen molar-refractivity contribution in [2.75, 3.05) is 19.6 Å². The van der Waals surface area contributed by atoms with E-state index < -0.39 is 12.5 Å². The van der Waals surface area contributed by atoms with Crippen molar-refractivity contribution >= 4 is 17.8 Å². The van der Waals surface area contributed by atoms with Crippen LogP contribution in [0, 0.1) is 17.7 Å². The highest BCUT2D eigenvalue weighted by Crippen LogP contribution is 2.22. The Morgan fingerprint density at radius 3 is 2.27 bits per heavy atom. The molecule has 1 fully saturated rings. The zero-order valence-electron chi connectivity index (χ0n) is 15.2. The van der Waals surface area contributed by atoms with Crippen molar-refractivity contribution in [2.24, 2.45) is 11.8 Å². The van der Waals surface area contributed by atoms with E-state index in [-0.39, 0.29) is 36.0 Å². The molecule has 0 aliphatic carbocycles. The second kappa shape index (κ2) is 8.78. The van der Waals surface area contributed by atoms with Crippen molar-refractivity contribution in [2.45, 2.75) is 33.2 Å². The van der Waals surface area contributed by atoms with Crippen molar-refractivity contribution < 1.29 is 23.9 Å². The maximum absolute atomic E-state index is 13.0. The van der Waals surface area contributed by atoms with E-state index >= 15 is 0 Å². The summed E-state index contributed by atoms with van der Waals surface area (Å²) < 4.78 is 13.0. The number of carboxylic acid groups (broad SMARTS) is 1. The Hall–Kier alpha value is -2.44. The van der Waals surface area contributed by atoms with Crippen LogP contribution in [-0.4, -0.2) is 52.3 Å². The molecule has 142 valence electrons. The molecule has 2 rings (SSSR count). The molecule has 1 saturated heterocycles. The number of carbonyl (C=O) groups excluding carboxylic acids is 2. The van der Waals surface area contributed by atoms with E-state index in [2.05, 4.69) is 0 Å². The number of piperidine rings is 1. The molecule has 0 bridgehead atoms. The molecule has 0 spiro atoms. The van der Waals surface area contributed by atoms with Gasteiger partial charge in [0, 0.05) is 31.5 Å². The van der Waals surface area contributed by atoms with E-state index in [9.17, 15) is 18.8 Å². The molecule has 2 amide bonds. The Kier molecular flexibility index (Phi) is 6.71. The lowest BCUT2D eigenvalue weighted by Gasteiger charge is -2.34. The summed E-state index contributed by atoms with van der Waals surface area (Å²) in [5.41, 5.74) is 0.674. The molecule has 7 heteroatoms. The smallest absolute Gasteiger partial charge is 0.323 e. The molecule has 26 heavy (non-hydrogen) atoms. The molecular weight excluding hydrogens is 339 g/mol. The van der Waals surface area contributed by atoms with Crippen LogP contribution in [0.5, 0.6) is 0 Å². The third kappa shape index (κ3) is 5.28. The van der Waals surface area contributed by atoms with E-state index in [1.54, 1.807) is 17.0 Å². The van der Waals surface area contributed by atoms with Gasteiger partial charge in [0.1, 0.15) is 12.4 Å². The van der Waals surface area contributed by atoms with Gasteiger partial charge < -0.3 is 14.9 Å². The highest BCUT2D eigenvalue weighted by Gasteiger charge is 2.31. The van der Waals surface area contributed by atoms with Crippen LogP contribution in [0.25, 0.3) is 0 Å². The van der Waals surface area contributed by atoms with Crippen molar-refractivity contribution in [3.8, 4) is 0 Å². The zero-order valence-corrected chi connectivity index (χ0v) is 15.2. The highest BCUT2D eigenvalue weighted by molar-refractivity contribution is 5.84. The Bertz CT molecular complexity index is 652. The van der Waals surface area contributed by atoms with Gasteiger partial charge in [0.2, 0.25) is 11.8 Å². The second-order valence-electron chi connectivity index (χ2n) is 6.97. The number of hydrogen-bond acceptors (Lipinski definition) is 3. The first kappa shape index (κ1) is 19.9. The normalized spacial score (nSPS) is 15.2. The number of amides is 2. The minimum atomic E-state index is -1.09. The molecule has 1 heterocycles. The quantitative estimate of drug-likeness (QED) is 0.839. The highest BCUT2D eigenvalue weighted by atomic mass is 19.1. The minimum absolute atomic E-state index is 0.0737. The Morgan fingerprint density at radius 1 is 1.19 bits per heavy atom. The molecule has 1 aliphatic rings. The van der Waals surface area contributed by atoms with Crippen LogP contribution in [0.4, 0.5) is 4.39 Å². The van der Waals surface area contributed by atoms with Crippen molar-refractivity contribution in [3.63, 3.8) is 0 Å². The summed E-state index contributed by atoms with van der Waals surface area (Å²) in [5.74, 6) is -2.01. The summed E-state index contributed by atoms with van der Waals surface area (Å²) in [7, 11) is 0. The van der Waals surface area contributed by atoms with E-state index in [1.165, 1.54) is 17.0 Å². The molecule has 0 atom stereocenters. The molecule has 0 radical (unpaired) electrons. The molecule has 1 aliphatic heterocycles. The summed E-state index contributed by atoms with van der Waals surface area (Å²) in [6.45, 7) is 4.42. The summed E-state index contributed by atoms with van der Waals surface area (Å²) in [4.78, 5) is 39.0. The number of halogens is 1. The average Bonchev–Trinajstić information content (AvgIpc) is 2.61. The number of rotatable bonds is 6. The van der Waals surface area contributed by atoms with Crippen molar-refractivity contribution in [1.82, 2.24) is 9.80 Å². The summed E-state index contributed by atoms with van der Waals surface area (Å²) in [5, 5.41) is 9.12. The summed E-state index contributed by atoms with van der Waals surface area (Å²) in [6, 6.07) is 5.66. The van der Waals surface area contributed by atoms with Gasteiger partial charge in [-0.1, -0.05) is 26.0 Å². The number of nitrogens with zero attached hydrogens (tertiary/aromatic N) is 2. The number of likely N-dealkylation sites (tertiary alicyclic amines) is 1. The predicted molar refractivity (Wildman–Crippen MR) is 93.6 cm³/mol. The fourth-order valence-electron chi connectivity index (χ4n) is 3.16. The first-order chi connectivity index (χ1) is 12.3. The molecule has 6 nitrogen and oxygen atoms in total. The van der Waals surface area contributed by atoms with E-state index in [0.717, 1.165) is 0 Å². The van der Waals surface area contributed by atoms with Gasteiger partial charge in [0.25, 0.3) is 0 Å². The fourth-order valence-corrected chi connectivity index (χ4v) is 3.16. The van der Waals surface area contributed by atoms with Crippen LogP contribution in [0.2, 0.25) is 0 Å². The molecule has 1 N–H and O–H groups in total. The predicted octanol–water partition coefficient (Wildman–Crippen LogP) is 2.13.